The fourth-order valence-corrected chi connectivity index (χ4v) is 4.32. The van der Waals surface area contributed by atoms with Gasteiger partial charge in [-0.2, -0.15) is 0 Å². The summed E-state index contributed by atoms with van der Waals surface area (Å²) in [5, 5.41) is 0. The van der Waals surface area contributed by atoms with Crippen LogP contribution in [0, 0.1) is 0 Å². The van der Waals surface area contributed by atoms with Gasteiger partial charge in [-0.25, -0.2) is 0 Å². The summed E-state index contributed by atoms with van der Waals surface area (Å²) in [5.41, 5.74) is 1.48. The van der Waals surface area contributed by atoms with Crippen LogP contribution in [0.1, 0.15) is 5.56 Å². The molecular weight excluding hydrogens is 386 g/mol. The molecule has 1 aromatic carbocycles. The van der Waals surface area contributed by atoms with Gasteiger partial charge < -0.3 is 18.9 Å². The Morgan fingerprint density at radius 2 is 2.07 bits per heavy atom. The molecule has 2 aliphatic heterocycles. The van der Waals surface area contributed by atoms with Gasteiger partial charge in [0.15, 0.2) is 4.32 Å². The molecule has 27 heavy (non-hydrogen) atoms. The molecule has 4 rings (SSSR count). The van der Waals surface area contributed by atoms with Crippen LogP contribution in [0.4, 0.5) is 0 Å². The third kappa shape index (κ3) is 3.41. The van der Waals surface area contributed by atoms with Crippen LogP contribution in [0.5, 0.6) is 11.5 Å². The average molecular weight is 403 g/mol. The predicted molar refractivity (Wildman–Crippen MR) is 106 cm³/mol. The zero-order chi connectivity index (χ0) is 19.0. The molecule has 0 bridgehead atoms. The van der Waals surface area contributed by atoms with E-state index in [-0.39, 0.29) is 24.9 Å². The van der Waals surface area contributed by atoms with Crippen molar-refractivity contribution in [1.29, 1.82) is 0 Å². The van der Waals surface area contributed by atoms with Gasteiger partial charge in [-0.05, 0) is 30.4 Å². The first-order valence-corrected chi connectivity index (χ1v) is 9.46. The Balaban J connectivity index is 1.62. The van der Waals surface area contributed by atoms with Gasteiger partial charge in [-0.3, -0.25) is 9.69 Å². The third-order valence-corrected chi connectivity index (χ3v) is 5.72. The average Bonchev–Trinajstić information content (AvgIpc) is 3.25. The van der Waals surface area contributed by atoms with Crippen molar-refractivity contribution >= 4 is 40.3 Å². The van der Waals surface area contributed by atoms with Crippen molar-refractivity contribution in [3.63, 3.8) is 0 Å². The summed E-state index contributed by atoms with van der Waals surface area (Å²) in [5.74, 6) is 1.13. The molecular formula is C19H17NO5S2. The van der Waals surface area contributed by atoms with Crippen LogP contribution >= 0.6 is 24.0 Å². The van der Waals surface area contributed by atoms with Crippen molar-refractivity contribution in [3.05, 3.63) is 52.6 Å². The maximum absolute atomic E-state index is 13.0. The maximum atomic E-state index is 13.0. The van der Waals surface area contributed by atoms with Gasteiger partial charge in [0.05, 0.1) is 19.1 Å². The van der Waals surface area contributed by atoms with Crippen molar-refractivity contribution in [2.24, 2.45) is 0 Å². The molecule has 6 nitrogen and oxygen atoms in total. The molecule has 2 heterocycles. The summed E-state index contributed by atoms with van der Waals surface area (Å²) >= 11 is 6.70. The molecule has 1 amide bonds. The summed E-state index contributed by atoms with van der Waals surface area (Å²) in [4.78, 5) is 15.0. The number of thioether (sulfide) groups is 1. The van der Waals surface area contributed by atoms with Gasteiger partial charge in [0, 0.05) is 17.3 Å². The van der Waals surface area contributed by atoms with E-state index < -0.39 is 0 Å². The number of rotatable bonds is 4. The van der Waals surface area contributed by atoms with Gasteiger partial charge >= 0.3 is 0 Å². The molecule has 1 aliphatic carbocycles. The lowest BCUT2D eigenvalue weighted by atomic mass is 10.1. The lowest BCUT2D eigenvalue weighted by molar-refractivity contribution is -0.120. The van der Waals surface area contributed by atoms with E-state index in [1.807, 2.05) is 30.4 Å². The first kappa shape index (κ1) is 18.2. The van der Waals surface area contributed by atoms with Crippen LogP contribution in [0.2, 0.25) is 0 Å². The summed E-state index contributed by atoms with van der Waals surface area (Å²) in [6.07, 6.45) is 7.09. The van der Waals surface area contributed by atoms with Gasteiger partial charge in [0.1, 0.15) is 30.5 Å². The molecule has 0 aromatic heterocycles. The highest BCUT2D eigenvalue weighted by Crippen LogP contribution is 2.38. The van der Waals surface area contributed by atoms with Crippen molar-refractivity contribution in [2.75, 3.05) is 21.0 Å². The molecule has 3 aliphatic rings. The molecule has 0 saturated carbocycles. The number of carbonyl (C=O) groups is 1. The van der Waals surface area contributed by atoms with Crippen molar-refractivity contribution in [3.8, 4) is 11.5 Å². The maximum Gasteiger partial charge on any atom is 0.270 e. The lowest BCUT2D eigenvalue weighted by Gasteiger charge is -2.22. The second-order valence-corrected chi connectivity index (χ2v) is 7.63. The van der Waals surface area contributed by atoms with Crippen LogP contribution < -0.4 is 9.47 Å². The van der Waals surface area contributed by atoms with Crippen molar-refractivity contribution in [2.45, 2.75) is 12.2 Å². The second kappa shape index (κ2) is 7.47. The minimum Gasteiger partial charge on any atom is -0.497 e. The fraction of sp³-hybridized carbons (Fsp3) is 0.263. The number of thiocarbonyl (C=S) groups is 1. The summed E-state index contributed by atoms with van der Waals surface area (Å²) < 4.78 is 22.0. The Morgan fingerprint density at radius 3 is 2.85 bits per heavy atom. The van der Waals surface area contributed by atoms with Crippen LogP contribution in [0.25, 0.3) is 6.08 Å². The highest BCUT2D eigenvalue weighted by Gasteiger charge is 2.37. The third-order valence-electron chi connectivity index (χ3n) is 4.42. The van der Waals surface area contributed by atoms with Gasteiger partial charge in [-0.1, -0.05) is 30.1 Å². The Hall–Kier alpha value is -2.13. The quantitative estimate of drug-likeness (QED) is 0.566. The van der Waals surface area contributed by atoms with E-state index in [1.54, 1.807) is 26.4 Å². The first-order valence-electron chi connectivity index (χ1n) is 8.24. The monoisotopic (exact) mass is 403 g/mol. The molecule has 2 unspecified atom stereocenters. The highest BCUT2D eigenvalue weighted by atomic mass is 32.2. The number of methoxy groups -OCH3 is 2. The smallest absolute Gasteiger partial charge is 0.270 e. The van der Waals surface area contributed by atoms with Crippen LogP contribution in [0.15, 0.2) is 47.0 Å². The number of benzene rings is 1. The number of nitrogens with zero attached hydrogens (tertiary/aromatic N) is 1. The van der Waals surface area contributed by atoms with E-state index in [0.717, 1.165) is 5.56 Å². The second-order valence-electron chi connectivity index (χ2n) is 5.96. The van der Waals surface area contributed by atoms with E-state index in [1.165, 1.54) is 16.7 Å². The Kier molecular flexibility index (Phi) is 5.05. The predicted octanol–water partition coefficient (Wildman–Crippen LogP) is 3.10. The topological polar surface area (TPSA) is 57.2 Å². The Labute approximate surface area is 166 Å². The SMILES string of the molecule is COc1ccc(C=C2SC(=S)N(C3=CC4OCOC4C=C3)C2=O)c(OC)c1. The van der Waals surface area contributed by atoms with Crippen molar-refractivity contribution in [1.82, 2.24) is 4.90 Å². The summed E-state index contributed by atoms with van der Waals surface area (Å²) in [6.45, 7) is 0.249. The number of hydrogen-bond acceptors (Lipinski definition) is 7. The molecule has 140 valence electrons. The standard InChI is InChI=1S/C19H17NO5S2/c1-22-13-5-3-11(15(9-13)23-2)7-17-18(21)20(19(26)27-17)12-4-6-14-16(8-12)25-10-24-14/h3-9,14,16H,10H2,1-2H3. The van der Waals surface area contributed by atoms with E-state index in [2.05, 4.69) is 0 Å². The van der Waals surface area contributed by atoms with E-state index in [4.69, 9.17) is 31.2 Å². The highest BCUT2D eigenvalue weighted by molar-refractivity contribution is 8.26. The summed E-state index contributed by atoms with van der Waals surface area (Å²) in [6, 6.07) is 5.44. The normalized spacial score (nSPS) is 25.8. The van der Waals surface area contributed by atoms with Crippen LogP contribution in [0.3, 0.4) is 0 Å². The molecule has 0 N–H and O–H groups in total. The molecule has 1 aromatic rings. The number of fused-ring (bicyclic) bond motifs is 1. The number of ether oxygens (including phenoxy) is 4. The molecule has 8 heteroatoms. The first-order chi connectivity index (χ1) is 13.1. The minimum atomic E-state index is -0.194. The van der Waals surface area contributed by atoms with Crippen LogP contribution in [-0.4, -0.2) is 48.3 Å². The van der Waals surface area contributed by atoms with Gasteiger partial charge in [0.2, 0.25) is 0 Å². The molecule has 2 atom stereocenters. The molecule has 2 saturated heterocycles. The minimum absolute atomic E-state index is 0.105. The lowest BCUT2D eigenvalue weighted by Crippen LogP contribution is -2.31. The number of allylic oxidation sites excluding steroid dienone is 1. The molecule has 2 fully saturated rings. The number of amides is 1. The van der Waals surface area contributed by atoms with E-state index in [0.29, 0.717) is 26.4 Å². The van der Waals surface area contributed by atoms with Gasteiger partial charge in [0.25, 0.3) is 5.91 Å². The van der Waals surface area contributed by atoms with E-state index in [9.17, 15) is 4.79 Å². The number of carbonyl (C=O) groups excluding carboxylic acids is 1. The summed E-state index contributed by atoms with van der Waals surface area (Å²) in [7, 11) is 3.17. The number of hydrogen-bond donors (Lipinski definition) is 0. The zero-order valence-electron chi connectivity index (χ0n) is 14.7. The van der Waals surface area contributed by atoms with Gasteiger partial charge in [-0.15, -0.1) is 0 Å². The molecule has 0 spiro atoms. The Bertz CT molecular complexity index is 892. The zero-order valence-corrected chi connectivity index (χ0v) is 16.3. The van der Waals surface area contributed by atoms with Crippen molar-refractivity contribution < 1.29 is 23.7 Å². The largest absolute Gasteiger partial charge is 0.497 e. The van der Waals surface area contributed by atoms with Crippen LogP contribution in [-0.2, 0) is 14.3 Å². The molecule has 0 radical (unpaired) electrons. The Morgan fingerprint density at radius 1 is 1.26 bits per heavy atom. The fourth-order valence-electron chi connectivity index (χ4n) is 3.03. The van der Waals surface area contributed by atoms with E-state index >= 15 is 0 Å².